The van der Waals surface area contributed by atoms with E-state index in [9.17, 15) is 4.79 Å². The summed E-state index contributed by atoms with van der Waals surface area (Å²) in [6, 6.07) is 11.6. The van der Waals surface area contributed by atoms with Gasteiger partial charge in [0.05, 0.1) is 20.9 Å². The number of nitrogens with zero attached hydrogens (tertiary/aromatic N) is 3. The summed E-state index contributed by atoms with van der Waals surface area (Å²) in [7, 11) is 3.45. The fourth-order valence-electron chi connectivity index (χ4n) is 2.15. The van der Waals surface area contributed by atoms with Crippen LogP contribution in [0.15, 0.2) is 36.4 Å². The summed E-state index contributed by atoms with van der Waals surface area (Å²) in [5, 5.41) is 1.05. The summed E-state index contributed by atoms with van der Waals surface area (Å²) in [6.07, 6.45) is 0. The van der Waals surface area contributed by atoms with Gasteiger partial charge in [0.2, 0.25) is 0 Å². The molecule has 0 radical (unpaired) electrons. The molecule has 2 heterocycles. The van der Waals surface area contributed by atoms with Crippen LogP contribution in [0.3, 0.4) is 0 Å². The molecule has 0 atom stereocenters. The third kappa shape index (κ3) is 2.64. The van der Waals surface area contributed by atoms with Crippen LogP contribution in [0.4, 0.5) is 0 Å². The molecule has 0 N–H and O–H groups in total. The molecular weight excluding hydrogens is 282 g/mol. The molecule has 0 spiro atoms. The number of benzene rings is 1. The number of hydrogen-bond acceptors (Lipinski definition) is 4. The molecule has 0 bridgehead atoms. The molecule has 5 heteroatoms. The first-order chi connectivity index (χ1) is 10.0. The normalized spacial score (nSPS) is 10.8. The maximum atomic E-state index is 12.0. The zero-order valence-corrected chi connectivity index (χ0v) is 12.9. The number of fused-ring (bicyclic) bond motifs is 1. The number of aryl methyl sites for hydroxylation is 1. The average Bonchev–Trinajstić information content (AvgIpc) is 2.85. The number of amides is 1. The first kappa shape index (κ1) is 13.7. The van der Waals surface area contributed by atoms with Crippen LogP contribution >= 0.6 is 11.3 Å². The lowest BCUT2D eigenvalue weighted by Gasteiger charge is -2.10. The molecule has 0 aliphatic heterocycles. The SMILES string of the molecule is Cc1nc2cc(-c3cccc(C(=O)N(C)C)n3)ccc2s1. The van der Waals surface area contributed by atoms with Gasteiger partial charge >= 0.3 is 0 Å². The molecule has 0 aliphatic carbocycles. The van der Waals surface area contributed by atoms with Gasteiger partial charge in [-0.2, -0.15) is 0 Å². The van der Waals surface area contributed by atoms with Crippen LogP contribution in [0.25, 0.3) is 21.5 Å². The molecule has 0 fully saturated rings. The van der Waals surface area contributed by atoms with Gasteiger partial charge in [-0.15, -0.1) is 11.3 Å². The topological polar surface area (TPSA) is 46.1 Å². The van der Waals surface area contributed by atoms with Crippen molar-refractivity contribution in [2.45, 2.75) is 6.92 Å². The number of thiazole rings is 1. The van der Waals surface area contributed by atoms with Gasteiger partial charge in [-0.05, 0) is 31.2 Å². The second-order valence-electron chi connectivity index (χ2n) is 5.02. The Morgan fingerprint density at radius 2 is 1.95 bits per heavy atom. The monoisotopic (exact) mass is 297 g/mol. The zero-order valence-electron chi connectivity index (χ0n) is 12.1. The Hall–Kier alpha value is -2.27. The fourth-order valence-corrected chi connectivity index (χ4v) is 2.95. The van der Waals surface area contributed by atoms with Crippen LogP contribution in [-0.2, 0) is 0 Å². The van der Waals surface area contributed by atoms with Crippen molar-refractivity contribution in [3.63, 3.8) is 0 Å². The quantitative estimate of drug-likeness (QED) is 0.728. The Labute approximate surface area is 127 Å². The summed E-state index contributed by atoms with van der Waals surface area (Å²) in [6.45, 7) is 2.00. The summed E-state index contributed by atoms with van der Waals surface area (Å²) in [5.41, 5.74) is 3.18. The average molecular weight is 297 g/mol. The van der Waals surface area contributed by atoms with Crippen LogP contribution in [0, 0.1) is 6.92 Å². The maximum absolute atomic E-state index is 12.0. The van der Waals surface area contributed by atoms with E-state index in [4.69, 9.17) is 0 Å². The molecule has 2 aromatic heterocycles. The number of rotatable bonds is 2. The van der Waals surface area contributed by atoms with Crippen LogP contribution in [0.2, 0.25) is 0 Å². The molecule has 3 aromatic rings. The lowest BCUT2D eigenvalue weighted by molar-refractivity contribution is 0.0822. The number of pyridine rings is 1. The lowest BCUT2D eigenvalue weighted by atomic mass is 10.1. The molecule has 0 aliphatic rings. The summed E-state index contributed by atoms with van der Waals surface area (Å²) in [5.74, 6) is -0.0950. The van der Waals surface area contributed by atoms with Gasteiger partial charge in [0.15, 0.2) is 0 Å². The third-order valence-corrected chi connectivity index (χ3v) is 4.12. The Morgan fingerprint density at radius 1 is 1.14 bits per heavy atom. The predicted molar refractivity (Wildman–Crippen MR) is 85.6 cm³/mol. The highest BCUT2D eigenvalue weighted by atomic mass is 32.1. The van der Waals surface area contributed by atoms with E-state index in [2.05, 4.69) is 16.0 Å². The summed E-state index contributed by atoms with van der Waals surface area (Å²) >= 11 is 1.68. The number of hydrogen-bond donors (Lipinski definition) is 0. The highest BCUT2D eigenvalue weighted by Gasteiger charge is 2.11. The van der Waals surface area contributed by atoms with Gasteiger partial charge in [-0.25, -0.2) is 9.97 Å². The fraction of sp³-hybridized carbons (Fsp3) is 0.188. The third-order valence-electron chi connectivity index (χ3n) is 3.16. The Morgan fingerprint density at radius 3 is 2.71 bits per heavy atom. The summed E-state index contributed by atoms with van der Waals surface area (Å²) in [4.78, 5) is 22.5. The molecule has 4 nitrogen and oxygen atoms in total. The molecule has 3 rings (SSSR count). The van der Waals surface area contributed by atoms with Gasteiger partial charge in [0.1, 0.15) is 5.69 Å². The highest BCUT2D eigenvalue weighted by Crippen LogP contribution is 2.26. The predicted octanol–water partition coefficient (Wildman–Crippen LogP) is 3.37. The standard InChI is InChI=1S/C16H15N3OS/c1-10-17-14-9-11(7-8-15(14)21-10)12-5-4-6-13(18-12)16(20)19(2)3/h4-9H,1-3H3. The number of aromatic nitrogens is 2. The van der Waals surface area contributed by atoms with E-state index in [1.807, 2.05) is 31.2 Å². The van der Waals surface area contributed by atoms with E-state index < -0.39 is 0 Å². The van der Waals surface area contributed by atoms with Crippen LogP contribution in [0.5, 0.6) is 0 Å². The van der Waals surface area contributed by atoms with E-state index >= 15 is 0 Å². The van der Waals surface area contributed by atoms with Gasteiger partial charge < -0.3 is 4.90 Å². The highest BCUT2D eigenvalue weighted by molar-refractivity contribution is 7.18. The Balaban J connectivity index is 2.05. The van der Waals surface area contributed by atoms with Crippen molar-refractivity contribution in [1.82, 2.24) is 14.9 Å². The van der Waals surface area contributed by atoms with Gasteiger partial charge in [0.25, 0.3) is 5.91 Å². The van der Waals surface area contributed by atoms with Gasteiger partial charge in [0, 0.05) is 19.7 Å². The van der Waals surface area contributed by atoms with E-state index in [-0.39, 0.29) is 5.91 Å². The van der Waals surface area contributed by atoms with E-state index in [1.54, 1.807) is 31.5 Å². The van der Waals surface area contributed by atoms with Crippen molar-refractivity contribution in [3.05, 3.63) is 47.1 Å². The van der Waals surface area contributed by atoms with E-state index in [0.29, 0.717) is 5.69 Å². The molecule has 21 heavy (non-hydrogen) atoms. The van der Waals surface area contributed by atoms with Crippen molar-refractivity contribution in [1.29, 1.82) is 0 Å². The summed E-state index contributed by atoms with van der Waals surface area (Å²) < 4.78 is 1.16. The zero-order chi connectivity index (χ0) is 15.0. The molecule has 0 saturated heterocycles. The van der Waals surface area contributed by atoms with E-state index in [0.717, 1.165) is 26.5 Å². The van der Waals surface area contributed by atoms with E-state index in [1.165, 1.54) is 4.90 Å². The Kier molecular flexibility index (Phi) is 3.43. The van der Waals surface area contributed by atoms with Crippen LogP contribution < -0.4 is 0 Å². The van der Waals surface area contributed by atoms with Crippen molar-refractivity contribution >= 4 is 27.5 Å². The number of carbonyl (C=O) groups excluding carboxylic acids is 1. The van der Waals surface area contributed by atoms with Gasteiger partial charge in [-0.1, -0.05) is 12.1 Å². The largest absolute Gasteiger partial charge is 0.343 e. The van der Waals surface area contributed by atoms with Crippen LogP contribution in [-0.4, -0.2) is 34.9 Å². The minimum Gasteiger partial charge on any atom is -0.343 e. The smallest absolute Gasteiger partial charge is 0.271 e. The first-order valence-electron chi connectivity index (χ1n) is 6.61. The first-order valence-corrected chi connectivity index (χ1v) is 7.42. The lowest BCUT2D eigenvalue weighted by Crippen LogP contribution is -2.22. The Bertz CT molecular complexity index is 823. The van der Waals surface area contributed by atoms with Crippen LogP contribution in [0.1, 0.15) is 15.5 Å². The maximum Gasteiger partial charge on any atom is 0.271 e. The van der Waals surface area contributed by atoms with Crippen molar-refractivity contribution in [3.8, 4) is 11.3 Å². The number of carbonyl (C=O) groups is 1. The molecule has 0 saturated carbocycles. The molecular formula is C16H15N3OS. The minimum atomic E-state index is -0.0950. The van der Waals surface area contributed by atoms with Crippen molar-refractivity contribution in [2.75, 3.05) is 14.1 Å². The molecule has 0 unspecified atom stereocenters. The molecule has 106 valence electrons. The molecule has 1 amide bonds. The van der Waals surface area contributed by atoms with Crippen molar-refractivity contribution < 1.29 is 4.79 Å². The second-order valence-corrected chi connectivity index (χ2v) is 6.26. The van der Waals surface area contributed by atoms with Gasteiger partial charge in [-0.3, -0.25) is 4.79 Å². The molecule has 1 aromatic carbocycles. The minimum absolute atomic E-state index is 0.0950. The second kappa shape index (κ2) is 5.26. The van der Waals surface area contributed by atoms with Crippen molar-refractivity contribution in [2.24, 2.45) is 0 Å².